The lowest BCUT2D eigenvalue weighted by molar-refractivity contribution is -0.114. The number of hydrogen-bond acceptors (Lipinski definition) is 4. The van der Waals surface area contributed by atoms with Gasteiger partial charge in [0.05, 0.1) is 11.4 Å². The van der Waals surface area contributed by atoms with Gasteiger partial charge in [0, 0.05) is 24.5 Å². The number of nitrogens with one attached hydrogen (secondary N) is 2. The van der Waals surface area contributed by atoms with Crippen LogP contribution in [-0.2, 0) is 14.8 Å². The largest absolute Gasteiger partial charge is 0.376 e. The minimum atomic E-state index is -3.46. The van der Waals surface area contributed by atoms with Crippen molar-refractivity contribution >= 4 is 27.3 Å². The third kappa shape index (κ3) is 5.04. The normalized spacial score (nSPS) is 11.3. The highest BCUT2D eigenvalue weighted by Crippen LogP contribution is 2.18. The molecule has 0 atom stereocenters. The molecular formula is C18H23N3O3S. The van der Waals surface area contributed by atoms with Crippen LogP contribution in [-0.4, -0.2) is 38.3 Å². The molecule has 7 heteroatoms. The quantitative estimate of drug-likeness (QED) is 0.758. The van der Waals surface area contributed by atoms with E-state index in [4.69, 9.17) is 0 Å². The number of para-hydroxylation sites is 1. The number of hydrogen-bond donors (Lipinski definition) is 2. The predicted molar refractivity (Wildman–Crippen MR) is 100 cm³/mol. The van der Waals surface area contributed by atoms with E-state index < -0.39 is 10.0 Å². The third-order valence-corrected chi connectivity index (χ3v) is 5.77. The van der Waals surface area contributed by atoms with Crippen LogP contribution in [0.25, 0.3) is 0 Å². The second-order valence-electron chi connectivity index (χ2n) is 5.38. The highest BCUT2D eigenvalue weighted by molar-refractivity contribution is 7.89. The van der Waals surface area contributed by atoms with Crippen LogP contribution in [0.5, 0.6) is 0 Å². The number of carbonyl (C=O) groups is 1. The zero-order chi connectivity index (χ0) is 18.3. The van der Waals surface area contributed by atoms with Crippen LogP contribution in [0.4, 0.5) is 11.4 Å². The molecule has 2 aromatic carbocycles. The number of carbonyl (C=O) groups excluding carboxylic acids is 1. The molecule has 2 rings (SSSR count). The second kappa shape index (κ2) is 8.64. The summed E-state index contributed by atoms with van der Waals surface area (Å²) in [5.74, 6) is -0.175. The number of anilines is 2. The molecule has 0 saturated carbocycles. The first-order valence-electron chi connectivity index (χ1n) is 8.16. The van der Waals surface area contributed by atoms with Gasteiger partial charge in [-0.15, -0.1) is 0 Å². The van der Waals surface area contributed by atoms with Crippen LogP contribution in [0, 0.1) is 0 Å². The molecule has 0 aromatic heterocycles. The molecule has 134 valence electrons. The van der Waals surface area contributed by atoms with Crippen LogP contribution >= 0.6 is 0 Å². The number of benzene rings is 2. The zero-order valence-electron chi connectivity index (χ0n) is 14.4. The Hall–Kier alpha value is -2.38. The Balaban J connectivity index is 1.95. The summed E-state index contributed by atoms with van der Waals surface area (Å²) in [6, 6.07) is 15.6. The SMILES string of the molecule is CCN(CC)S(=O)(=O)c1ccc(NCC(=O)Nc2ccccc2)cc1. The van der Waals surface area contributed by atoms with Crippen molar-refractivity contribution in [2.75, 3.05) is 30.3 Å². The monoisotopic (exact) mass is 361 g/mol. The average Bonchev–Trinajstić information content (AvgIpc) is 2.62. The lowest BCUT2D eigenvalue weighted by Crippen LogP contribution is -2.30. The average molecular weight is 361 g/mol. The molecule has 6 nitrogen and oxygen atoms in total. The Bertz CT molecular complexity index is 786. The molecule has 0 heterocycles. The van der Waals surface area contributed by atoms with Crippen molar-refractivity contribution in [2.24, 2.45) is 0 Å². The Labute approximate surface area is 148 Å². The summed E-state index contributed by atoms with van der Waals surface area (Å²) < 4.78 is 26.2. The van der Waals surface area contributed by atoms with Crippen molar-refractivity contribution in [1.29, 1.82) is 0 Å². The van der Waals surface area contributed by atoms with Gasteiger partial charge in [0.25, 0.3) is 0 Å². The van der Waals surface area contributed by atoms with Crippen molar-refractivity contribution in [2.45, 2.75) is 18.7 Å². The first-order chi connectivity index (χ1) is 12.0. The number of amides is 1. The summed E-state index contributed by atoms with van der Waals surface area (Å²) in [4.78, 5) is 12.1. The van der Waals surface area contributed by atoms with Gasteiger partial charge >= 0.3 is 0 Å². The van der Waals surface area contributed by atoms with E-state index in [1.54, 1.807) is 24.3 Å². The molecule has 0 saturated heterocycles. The number of rotatable bonds is 8. The molecule has 0 radical (unpaired) electrons. The lowest BCUT2D eigenvalue weighted by atomic mass is 10.3. The van der Waals surface area contributed by atoms with Crippen molar-refractivity contribution in [3.8, 4) is 0 Å². The first kappa shape index (κ1) is 19.0. The Morgan fingerprint density at radius 1 is 0.920 bits per heavy atom. The smallest absolute Gasteiger partial charge is 0.243 e. The molecule has 0 bridgehead atoms. The topological polar surface area (TPSA) is 78.5 Å². The van der Waals surface area contributed by atoms with Crippen LogP contribution < -0.4 is 10.6 Å². The molecule has 0 fully saturated rings. The maximum Gasteiger partial charge on any atom is 0.243 e. The highest BCUT2D eigenvalue weighted by Gasteiger charge is 2.21. The zero-order valence-corrected chi connectivity index (χ0v) is 15.2. The minimum absolute atomic E-state index is 0.0943. The van der Waals surface area contributed by atoms with Gasteiger partial charge in [-0.3, -0.25) is 4.79 Å². The molecule has 0 aliphatic rings. The van der Waals surface area contributed by atoms with Gasteiger partial charge in [-0.25, -0.2) is 8.42 Å². The van der Waals surface area contributed by atoms with E-state index >= 15 is 0 Å². The van der Waals surface area contributed by atoms with Gasteiger partial charge < -0.3 is 10.6 Å². The maximum atomic E-state index is 12.4. The second-order valence-corrected chi connectivity index (χ2v) is 7.32. The van der Waals surface area contributed by atoms with Crippen molar-refractivity contribution < 1.29 is 13.2 Å². The van der Waals surface area contributed by atoms with Crippen molar-refractivity contribution in [3.63, 3.8) is 0 Å². The van der Waals surface area contributed by atoms with E-state index in [1.165, 1.54) is 4.31 Å². The summed E-state index contributed by atoms with van der Waals surface area (Å²) in [5.41, 5.74) is 1.41. The third-order valence-electron chi connectivity index (χ3n) is 3.71. The molecule has 0 spiro atoms. The fraction of sp³-hybridized carbons (Fsp3) is 0.278. The van der Waals surface area contributed by atoms with E-state index in [-0.39, 0.29) is 17.3 Å². The molecule has 0 unspecified atom stereocenters. The van der Waals surface area contributed by atoms with Crippen LogP contribution in [0.3, 0.4) is 0 Å². The molecule has 1 amide bonds. The van der Waals surface area contributed by atoms with Crippen molar-refractivity contribution in [1.82, 2.24) is 4.31 Å². The van der Waals surface area contributed by atoms with Crippen LogP contribution in [0.2, 0.25) is 0 Å². The molecule has 0 aliphatic heterocycles. The van der Waals surface area contributed by atoms with E-state index in [9.17, 15) is 13.2 Å². The molecule has 25 heavy (non-hydrogen) atoms. The van der Waals surface area contributed by atoms with Crippen LogP contribution in [0.15, 0.2) is 59.5 Å². The summed E-state index contributed by atoms with van der Waals surface area (Å²) in [5, 5.41) is 5.75. The Kier molecular flexibility index (Phi) is 6.55. The molecule has 0 aliphatic carbocycles. The van der Waals surface area contributed by atoms with Gasteiger partial charge in [-0.05, 0) is 36.4 Å². The first-order valence-corrected chi connectivity index (χ1v) is 9.60. The van der Waals surface area contributed by atoms with Crippen molar-refractivity contribution in [3.05, 3.63) is 54.6 Å². The van der Waals surface area contributed by atoms with E-state index in [1.807, 2.05) is 44.2 Å². The summed E-state index contributed by atoms with van der Waals surface area (Å²) in [6.45, 7) is 4.57. The standard InChI is InChI=1S/C18H23N3O3S/c1-3-21(4-2)25(23,24)17-12-10-15(11-13-17)19-14-18(22)20-16-8-6-5-7-9-16/h5-13,19H,3-4,14H2,1-2H3,(H,20,22). The summed E-state index contributed by atoms with van der Waals surface area (Å²) in [7, 11) is -3.46. The minimum Gasteiger partial charge on any atom is -0.376 e. The molecule has 2 N–H and O–H groups in total. The lowest BCUT2D eigenvalue weighted by Gasteiger charge is -2.18. The highest BCUT2D eigenvalue weighted by atomic mass is 32.2. The predicted octanol–water partition coefficient (Wildman–Crippen LogP) is 2.77. The van der Waals surface area contributed by atoms with Gasteiger partial charge in [0.1, 0.15) is 0 Å². The van der Waals surface area contributed by atoms with E-state index in [2.05, 4.69) is 10.6 Å². The van der Waals surface area contributed by atoms with Gasteiger partial charge in [-0.1, -0.05) is 32.0 Å². The summed E-state index contributed by atoms with van der Waals surface area (Å²) >= 11 is 0. The molecule has 2 aromatic rings. The summed E-state index contributed by atoms with van der Waals surface area (Å²) in [6.07, 6.45) is 0. The molecular weight excluding hydrogens is 338 g/mol. The van der Waals surface area contributed by atoms with Gasteiger partial charge in [0.2, 0.25) is 15.9 Å². The Morgan fingerprint density at radius 2 is 1.52 bits per heavy atom. The van der Waals surface area contributed by atoms with Gasteiger partial charge in [0.15, 0.2) is 0 Å². The number of nitrogens with zero attached hydrogens (tertiary/aromatic N) is 1. The van der Waals surface area contributed by atoms with E-state index in [0.29, 0.717) is 18.8 Å². The fourth-order valence-corrected chi connectivity index (χ4v) is 3.82. The van der Waals surface area contributed by atoms with Crippen LogP contribution in [0.1, 0.15) is 13.8 Å². The van der Waals surface area contributed by atoms with Gasteiger partial charge in [-0.2, -0.15) is 4.31 Å². The van der Waals surface area contributed by atoms with E-state index in [0.717, 1.165) is 5.69 Å². The Morgan fingerprint density at radius 3 is 2.08 bits per heavy atom. The maximum absolute atomic E-state index is 12.4. The fourth-order valence-electron chi connectivity index (χ4n) is 2.37. The number of sulfonamides is 1.